The van der Waals surface area contributed by atoms with Crippen LogP contribution in [0.2, 0.25) is 0 Å². The molecule has 0 aliphatic carbocycles. The van der Waals surface area contributed by atoms with Gasteiger partial charge in [0.2, 0.25) is 5.91 Å². The molecule has 0 unspecified atom stereocenters. The Morgan fingerprint density at radius 3 is 2.46 bits per heavy atom. The Kier molecular flexibility index (Phi) is 3.97. The Bertz CT molecular complexity index is 706. The molecule has 3 heterocycles. The number of likely N-dealkylation sites (tertiary alicyclic amines) is 2. The van der Waals surface area contributed by atoms with Gasteiger partial charge in [-0.05, 0) is 44.5 Å². The lowest BCUT2D eigenvalue weighted by Gasteiger charge is -2.28. The minimum Gasteiger partial charge on any atom is -0.387 e. The first-order valence-corrected chi connectivity index (χ1v) is 8.64. The summed E-state index contributed by atoms with van der Waals surface area (Å²) in [5, 5.41) is 19.4. The summed E-state index contributed by atoms with van der Waals surface area (Å²) in [6.07, 6.45) is 3.05. The fraction of sp³-hybridized carbons (Fsp3) is 0.588. The van der Waals surface area contributed by atoms with Gasteiger partial charge in [0.1, 0.15) is 17.6 Å². The third kappa shape index (κ3) is 3.14. The van der Waals surface area contributed by atoms with Gasteiger partial charge in [0.25, 0.3) is 0 Å². The molecule has 4 rings (SSSR count). The molecule has 1 N–H and O–H groups in total. The maximum Gasteiger partial charge on any atom is 0.246 e. The van der Waals surface area contributed by atoms with E-state index in [-0.39, 0.29) is 12.5 Å². The fourth-order valence-corrected chi connectivity index (χ4v) is 3.75. The van der Waals surface area contributed by atoms with Crippen LogP contribution < -0.4 is 0 Å². The first kappa shape index (κ1) is 15.5. The van der Waals surface area contributed by atoms with Crippen molar-refractivity contribution < 1.29 is 9.90 Å². The first-order valence-electron chi connectivity index (χ1n) is 8.64. The monoisotopic (exact) mass is 329 g/mol. The number of hydrogen-bond acceptors (Lipinski definition) is 5. The van der Waals surface area contributed by atoms with E-state index in [1.54, 1.807) is 4.90 Å². The molecule has 2 aliphatic heterocycles. The van der Waals surface area contributed by atoms with Crippen LogP contribution in [0, 0.1) is 0 Å². The molecule has 2 saturated heterocycles. The molecule has 7 heteroatoms. The summed E-state index contributed by atoms with van der Waals surface area (Å²) in [6.45, 7) is 3.91. The Morgan fingerprint density at radius 2 is 1.79 bits per heavy atom. The van der Waals surface area contributed by atoms with Crippen molar-refractivity contribution in [3.8, 4) is 0 Å². The normalized spacial score (nSPS) is 25.0. The van der Waals surface area contributed by atoms with Gasteiger partial charge < -0.3 is 14.9 Å². The van der Waals surface area contributed by atoms with E-state index in [4.69, 9.17) is 0 Å². The van der Waals surface area contributed by atoms with Crippen molar-refractivity contribution in [3.05, 3.63) is 24.3 Å². The van der Waals surface area contributed by atoms with Gasteiger partial charge in [0.15, 0.2) is 0 Å². The number of carbonyl (C=O) groups excluding carboxylic acids is 1. The van der Waals surface area contributed by atoms with Crippen LogP contribution in [0.5, 0.6) is 0 Å². The van der Waals surface area contributed by atoms with E-state index in [9.17, 15) is 9.90 Å². The van der Waals surface area contributed by atoms with E-state index in [2.05, 4.69) is 15.1 Å². The van der Waals surface area contributed by atoms with Crippen LogP contribution in [-0.4, -0.2) is 74.1 Å². The predicted molar refractivity (Wildman–Crippen MR) is 89.3 cm³/mol. The lowest BCUT2D eigenvalue weighted by molar-refractivity contribution is -0.132. The van der Waals surface area contributed by atoms with Crippen molar-refractivity contribution in [3.63, 3.8) is 0 Å². The average Bonchev–Trinajstić information content (AvgIpc) is 3.27. The SMILES string of the molecule is O=C(Cn1nc2ccccc2n1)N1CC[C@](O)(CN2CCCC2)C1. The zero-order valence-electron chi connectivity index (χ0n) is 13.8. The number of hydrogen-bond donors (Lipinski definition) is 1. The molecule has 2 aromatic rings. The number of nitrogens with zero attached hydrogens (tertiary/aromatic N) is 5. The largest absolute Gasteiger partial charge is 0.387 e. The average molecular weight is 329 g/mol. The molecular weight excluding hydrogens is 306 g/mol. The molecule has 128 valence electrons. The van der Waals surface area contributed by atoms with Gasteiger partial charge in [0, 0.05) is 13.1 Å². The molecule has 0 radical (unpaired) electrons. The Labute approximate surface area is 140 Å². The summed E-state index contributed by atoms with van der Waals surface area (Å²) in [7, 11) is 0. The summed E-state index contributed by atoms with van der Waals surface area (Å²) < 4.78 is 0. The molecule has 0 bridgehead atoms. The molecule has 0 saturated carbocycles. The number of β-amino-alcohol motifs (C(OH)–C–C–N with tert-alkyl or cyclic N) is 1. The third-order valence-corrected chi connectivity index (χ3v) is 5.01. The molecule has 1 amide bonds. The van der Waals surface area contributed by atoms with Gasteiger partial charge >= 0.3 is 0 Å². The summed E-state index contributed by atoms with van der Waals surface area (Å²) in [4.78, 5) is 18.0. The van der Waals surface area contributed by atoms with E-state index >= 15 is 0 Å². The van der Waals surface area contributed by atoms with Gasteiger partial charge in [-0.1, -0.05) is 12.1 Å². The third-order valence-electron chi connectivity index (χ3n) is 5.01. The standard InChI is InChI=1S/C17H23N5O2/c23-16(11-22-18-14-5-1-2-6-15(14)19-22)21-10-7-17(24,13-21)12-20-8-3-4-9-20/h1-2,5-6,24H,3-4,7-13H2/t17-/m0/s1. The lowest BCUT2D eigenvalue weighted by Crippen LogP contribution is -2.45. The number of aliphatic hydroxyl groups is 1. The first-order chi connectivity index (χ1) is 11.6. The summed E-state index contributed by atoms with van der Waals surface area (Å²) in [6, 6.07) is 7.58. The van der Waals surface area contributed by atoms with Crippen LogP contribution in [0.4, 0.5) is 0 Å². The minimum absolute atomic E-state index is 0.0346. The number of benzene rings is 1. The number of rotatable bonds is 4. The van der Waals surface area contributed by atoms with Crippen molar-refractivity contribution in [2.45, 2.75) is 31.4 Å². The Balaban J connectivity index is 1.38. The maximum absolute atomic E-state index is 12.5. The number of fused-ring (bicyclic) bond motifs is 1. The van der Waals surface area contributed by atoms with E-state index in [0.29, 0.717) is 26.1 Å². The number of carbonyl (C=O) groups is 1. The second-order valence-corrected chi connectivity index (χ2v) is 6.99. The maximum atomic E-state index is 12.5. The van der Waals surface area contributed by atoms with Crippen molar-refractivity contribution in [1.82, 2.24) is 24.8 Å². The van der Waals surface area contributed by atoms with Gasteiger partial charge in [-0.25, -0.2) is 0 Å². The number of aromatic nitrogens is 3. The number of amides is 1. The van der Waals surface area contributed by atoms with Crippen molar-refractivity contribution in [1.29, 1.82) is 0 Å². The molecule has 1 aromatic heterocycles. The van der Waals surface area contributed by atoms with Crippen molar-refractivity contribution in [2.24, 2.45) is 0 Å². The summed E-state index contributed by atoms with van der Waals surface area (Å²) >= 11 is 0. The smallest absolute Gasteiger partial charge is 0.246 e. The van der Waals surface area contributed by atoms with E-state index in [1.807, 2.05) is 24.3 Å². The van der Waals surface area contributed by atoms with E-state index in [0.717, 1.165) is 24.1 Å². The van der Waals surface area contributed by atoms with Crippen LogP contribution >= 0.6 is 0 Å². The van der Waals surface area contributed by atoms with Crippen molar-refractivity contribution >= 4 is 16.9 Å². The Hall–Kier alpha value is -1.99. The highest BCUT2D eigenvalue weighted by Crippen LogP contribution is 2.24. The quantitative estimate of drug-likeness (QED) is 0.884. The zero-order valence-corrected chi connectivity index (χ0v) is 13.8. The van der Waals surface area contributed by atoms with Crippen LogP contribution in [0.15, 0.2) is 24.3 Å². The summed E-state index contributed by atoms with van der Waals surface area (Å²) in [5.41, 5.74) is 0.803. The zero-order chi connectivity index (χ0) is 16.6. The van der Waals surface area contributed by atoms with Crippen molar-refractivity contribution in [2.75, 3.05) is 32.7 Å². The second-order valence-electron chi connectivity index (χ2n) is 6.99. The van der Waals surface area contributed by atoms with Crippen LogP contribution in [-0.2, 0) is 11.3 Å². The molecular formula is C17H23N5O2. The fourth-order valence-electron chi connectivity index (χ4n) is 3.75. The molecule has 1 atom stereocenters. The highest BCUT2D eigenvalue weighted by molar-refractivity contribution is 5.77. The molecule has 2 aliphatic rings. The van der Waals surface area contributed by atoms with E-state index < -0.39 is 5.60 Å². The van der Waals surface area contributed by atoms with Gasteiger partial charge in [0.05, 0.1) is 12.1 Å². The van der Waals surface area contributed by atoms with Gasteiger partial charge in [-0.2, -0.15) is 15.0 Å². The second kappa shape index (κ2) is 6.14. The Morgan fingerprint density at radius 1 is 1.12 bits per heavy atom. The lowest BCUT2D eigenvalue weighted by atomic mass is 10.0. The van der Waals surface area contributed by atoms with Crippen LogP contribution in [0.1, 0.15) is 19.3 Å². The minimum atomic E-state index is -0.776. The summed E-state index contributed by atoms with van der Waals surface area (Å²) in [5.74, 6) is -0.0346. The highest BCUT2D eigenvalue weighted by atomic mass is 16.3. The predicted octanol–water partition coefficient (Wildman–Crippen LogP) is 0.490. The molecule has 7 nitrogen and oxygen atoms in total. The molecule has 24 heavy (non-hydrogen) atoms. The van der Waals surface area contributed by atoms with Crippen LogP contribution in [0.3, 0.4) is 0 Å². The van der Waals surface area contributed by atoms with Crippen LogP contribution in [0.25, 0.3) is 11.0 Å². The van der Waals surface area contributed by atoms with E-state index in [1.165, 1.54) is 17.6 Å². The highest BCUT2D eigenvalue weighted by Gasteiger charge is 2.39. The van der Waals surface area contributed by atoms with Gasteiger partial charge in [-0.15, -0.1) is 0 Å². The molecule has 2 fully saturated rings. The topological polar surface area (TPSA) is 74.5 Å². The molecule has 0 spiro atoms. The van der Waals surface area contributed by atoms with Gasteiger partial charge in [-0.3, -0.25) is 4.79 Å². The molecule has 1 aromatic carbocycles.